The zero-order valence-electron chi connectivity index (χ0n) is 14.3. The number of hydrogen-bond donors (Lipinski definition) is 0. The predicted molar refractivity (Wildman–Crippen MR) is 95.3 cm³/mol. The van der Waals surface area contributed by atoms with Crippen molar-refractivity contribution in [1.29, 1.82) is 0 Å². The van der Waals surface area contributed by atoms with Crippen LogP contribution >= 0.6 is 11.3 Å². The maximum Gasteiger partial charge on any atom is 0.343 e. The fraction of sp³-hybridized carbons (Fsp3) is 0.278. The average Bonchev–Trinajstić information content (AvgIpc) is 3.00. The second kappa shape index (κ2) is 6.68. The number of fused-ring (bicyclic) bond motifs is 1. The Morgan fingerprint density at radius 1 is 1.28 bits per heavy atom. The number of aromatic nitrogens is 1. The number of hydrogen-bond acceptors (Lipinski definition) is 7. The summed E-state index contributed by atoms with van der Waals surface area (Å²) in [7, 11) is 1.29. The number of methoxy groups -OCH3 is 1. The summed E-state index contributed by atoms with van der Waals surface area (Å²) in [5, 5.41) is 3.19. The van der Waals surface area contributed by atoms with Gasteiger partial charge in [-0.2, -0.15) is 0 Å². The SMILES string of the molecule is COC(=O)COc1ccc2c(=O)c(-c3csc(C)n3)c(C)oc2c1C. The summed E-state index contributed by atoms with van der Waals surface area (Å²) in [6.45, 7) is 5.21. The summed E-state index contributed by atoms with van der Waals surface area (Å²) in [6.07, 6.45) is 0. The molecule has 0 atom stereocenters. The van der Waals surface area contributed by atoms with Gasteiger partial charge in [0.05, 0.1) is 28.8 Å². The van der Waals surface area contributed by atoms with Gasteiger partial charge < -0.3 is 13.9 Å². The summed E-state index contributed by atoms with van der Waals surface area (Å²) < 4.78 is 15.9. The molecule has 2 heterocycles. The van der Waals surface area contributed by atoms with Gasteiger partial charge in [0.1, 0.15) is 17.1 Å². The largest absolute Gasteiger partial charge is 0.481 e. The average molecular weight is 359 g/mol. The quantitative estimate of drug-likeness (QED) is 0.665. The van der Waals surface area contributed by atoms with Crippen LogP contribution in [-0.4, -0.2) is 24.7 Å². The van der Waals surface area contributed by atoms with E-state index < -0.39 is 5.97 Å². The number of carbonyl (C=O) groups is 1. The molecular weight excluding hydrogens is 342 g/mol. The van der Waals surface area contributed by atoms with Crippen molar-refractivity contribution in [3.63, 3.8) is 0 Å². The minimum absolute atomic E-state index is 0.133. The van der Waals surface area contributed by atoms with Gasteiger partial charge >= 0.3 is 5.97 Å². The van der Waals surface area contributed by atoms with Crippen LogP contribution in [0.5, 0.6) is 5.75 Å². The Morgan fingerprint density at radius 3 is 2.68 bits per heavy atom. The van der Waals surface area contributed by atoms with Gasteiger partial charge in [-0.05, 0) is 32.9 Å². The minimum Gasteiger partial charge on any atom is -0.481 e. The van der Waals surface area contributed by atoms with E-state index in [0.717, 1.165) is 5.01 Å². The first-order chi connectivity index (χ1) is 11.9. The van der Waals surface area contributed by atoms with Crippen LogP contribution in [0, 0.1) is 20.8 Å². The molecule has 0 bridgehead atoms. The van der Waals surface area contributed by atoms with Crippen molar-refractivity contribution in [2.45, 2.75) is 20.8 Å². The molecule has 3 rings (SSSR count). The first-order valence-corrected chi connectivity index (χ1v) is 8.49. The smallest absolute Gasteiger partial charge is 0.343 e. The third-order valence-electron chi connectivity index (χ3n) is 3.88. The number of aryl methyl sites for hydroxylation is 3. The van der Waals surface area contributed by atoms with Crippen molar-refractivity contribution in [2.75, 3.05) is 13.7 Å². The van der Waals surface area contributed by atoms with Gasteiger partial charge in [0.25, 0.3) is 0 Å². The van der Waals surface area contributed by atoms with Crippen LogP contribution < -0.4 is 10.2 Å². The predicted octanol–water partition coefficient (Wildman–Crippen LogP) is 3.39. The molecule has 0 N–H and O–H groups in total. The summed E-state index contributed by atoms with van der Waals surface area (Å²) in [4.78, 5) is 28.6. The van der Waals surface area contributed by atoms with E-state index in [0.29, 0.717) is 39.3 Å². The maximum absolute atomic E-state index is 12.9. The molecule has 6 nitrogen and oxygen atoms in total. The van der Waals surface area contributed by atoms with Crippen LogP contribution in [0.3, 0.4) is 0 Å². The second-order valence-electron chi connectivity index (χ2n) is 5.54. The molecule has 0 saturated heterocycles. The highest BCUT2D eigenvalue weighted by molar-refractivity contribution is 7.09. The summed E-state index contributed by atoms with van der Waals surface area (Å²) >= 11 is 1.48. The number of nitrogens with zero attached hydrogens (tertiary/aromatic N) is 1. The Labute approximate surface area is 148 Å². The van der Waals surface area contributed by atoms with Crippen LogP contribution in [-0.2, 0) is 9.53 Å². The zero-order valence-corrected chi connectivity index (χ0v) is 15.2. The molecule has 7 heteroatoms. The third-order valence-corrected chi connectivity index (χ3v) is 4.66. The number of thiazole rings is 1. The normalized spacial score (nSPS) is 10.9. The highest BCUT2D eigenvalue weighted by atomic mass is 32.1. The maximum atomic E-state index is 12.9. The van der Waals surface area contributed by atoms with E-state index in [1.807, 2.05) is 12.3 Å². The molecular formula is C18H17NO5S. The number of benzene rings is 1. The fourth-order valence-corrected chi connectivity index (χ4v) is 3.21. The molecule has 0 radical (unpaired) electrons. The third kappa shape index (κ3) is 3.15. The Bertz CT molecular complexity index is 1020. The number of carbonyl (C=O) groups excluding carboxylic acids is 1. The van der Waals surface area contributed by atoms with E-state index in [4.69, 9.17) is 9.15 Å². The first kappa shape index (κ1) is 17.2. The lowest BCUT2D eigenvalue weighted by Crippen LogP contribution is -2.13. The molecule has 0 aliphatic carbocycles. The Hall–Kier alpha value is -2.67. The second-order valence-corrected chi connectivity index (χ2v) is 6.61. The van der Waals surface area contributed by atoms with Crippen LogP contribution in [0.25, 0.3) is 22.2 Å². The first-order valence-electron chi connectivity index (χ1n) is 7.61. The van der Waals surface area contributed by atoms with Crippen molar-refractivity contribution in [3.8, 4) is 17.0 Å². The van der Waals surface area contributed by atoms with Crippen molar-refractivity contribution >= 4 is 28.3 Å². The van der Waals surface area contributed by atoms with E-state index in [2.05, 4.69) is 9.72 Å². The Balaban J connectivity index is 2.12. The van der Waals surface area contributed by atoms with E-state index in [1.165, 1.54) is 18.4 Å². The molecule has 130 valence electrons. The molecule has 25 heavy (non-hydrogen) atoms. The van der Waals surface area contributed by atoms with Gasteiger partial charge in [-0.25, -0.2) is 9.78 Å². The van der Waals surface area contributed by atoms with Gasteiger partial charge in [0, 0.05) is 10.9 Å². The number of ether oxygens (including phenoxy) is 2. The Morgan fingerprint density at radius 2 is 2.04 bits per heavy atom. The van der Waals surface area contributed by atoms with Crippen LogP contribution in [0.2, 0.25) is 0 Å². The van der Waals surface area contributed by atoms with Gasteiger partial charge in [-0.3, -0.25) is 4.79 Å². The van der Waals surface area contributed by atoms with Crippen molar-refractivity contribution in [2.24, 2.45) is 0 Å². The monoisotopic (exact) mass is 359 g/mol. The van der Waals surface area contributed by atoms with Crippen LogP contribution in [0.1, 0.15) is 16.3 Å². The van der Waals surface area contributed by atoms with Crippen molar-refractivity contribution in [3.05, 3.63) is 44.1 Å². The number of rotatable bonds is 4. The van der Waals surface area contributed by atoms with E-state index in [9.17, 15) is 9.59 Å². The molecule has 3 aromatic rings. The molecule has 0 aliphatic heterocycles. The molecule has 2 aromatic heterocycles. The highest BCUT2D eigenvalue weighted by Crippen LogP contribution is 2.30. The molecule has 1 aromatic carbocycles. The Kier molecular flexibility index (Phi) is 4.59. The van der Waals surface area contributed by atoms with Gasteiger partial charge in [0.2, 0.25) is 5.43 Å². The van der Waals surface area contributed by atoms with Gasteiger partial charge in [0.15, 0.2) is 6.61 Å². The van der Waals surface area contributed by atoms with E-state index >= 15 is 0 Å². The van der Waals surface area contributed by atoms with E-state index in [1.54, 1.807) is 26.0 Å². The van der Waals surface area contributed by atoms with Crippen LogP contribution in [0.15, 0.2) is 26.7 Å². The molecule has 0 fully saturated rings. The van der Waals surface area contributed by atoms with Crippen molar-refractivity contribution < 1.29 is 18.7 Å². The minimum atomic E-state index is -0.480. The molecule has 0 unspecified atom stereocenters. The lowest BCUT2D eigenvalue weighted by atomic mass is 10.1. The summed E-state index contributed by atoms with van der Waals surface area (Å²) in [5.74, 6) is 0.486. The zero-order chi connectivity index (χ0) is 18.1. The topological polar surface area (TPSA) is 78.6 Å². The molecule has 0 spiro atoms. The van der Waals surface area contributed by atoms with Gasteiger partial charge in [-0.15, -0.1) is 11.3 Å². The lowest BCUT2D eigenvalue weighted by Gasteiger charge is -2.11. The summed E-state index contributed by atoms with van der Waals surface area (Å²) in [5.41, 5.74) is 2.06. The van der Waals surface area contributed by atoms with Crippen molar-refractivity contribution in [1.82, 2.24) is 4.98 Å². The van der Waals surface area contributed by atoms with Crippen LogP contribution in [0.4, 0.5) is 0 Å². The highest BCUT2D eigenvalue weighted by Gasteiger charge is 2.18. The van der Waals surface area contributed by atoms with E-state index in [-0.39, 0.29) is 12.0 Å². The molecule has 0 saturated carbocycles. The fourth-order valence-electron chi connectivity index (χ4n) is 2.61. The molecule has 0 amide bonds. The lowest BCUT2D eigenvalue weighted by molar-refractivity contribution is -0.142. The van der Waals surface area contributed by atoms with Gasteiger partial charge in [-0.1, -0.05) is 0 Å². The molecule has 0 aliphatic rings. The standard InChI is InChI=1S/C18H17NO5S/c1-9-14(23-7-15(20)22-4)6-5-12-17(21)16(10(2)24-18(9)12)13-8-25-11(3)19-13/h5-6,8H,7H2,1-4H3. The summed E-state index contributed by atoms with van der Waals surface area (Å²) in [6, 6.07) is 3.30. The number of esters is 1.